The first kappa shape index (κ1) is 22.7. The van der Waals surface area contributed by atoms with Crippen molar-refractivity contribution in [1.82, 2.24) is 0 Å². The van der Waals surface area contributed by atoms with Gasteiger partial charge >= 0.3 is 0 Å². The molecule has 0 rings (SSSR count). The molecule has 0 bridgehead atoms. The average Bonchev–Trinajstić information content (AvgIpc) is 2.57. The highest BCUT2D eigenvalue weighted by atomic mass is 16.5. The van der Waals surface area contributed by atoms with E-state index in [0.717, 1.165) is 26.1 Å². The number of hydrogen-bond acceptors (Lipinski definition) is 2. The highest BCUT2D eigenvalue weighted by Gasteiger charge is 1.92. The summed E-state index contributed by atoms with van der Waals surface area (Å²) in [7, 11) is 0. The molecule has 0 aliphatic heterocycles. The summed E-state index contributed by atoms with van der Waals surface area (Å²) in [4.78, 5) is 0. The monoisotopic (exact) mass is 326 g/mol. The smallest absolute Gasteiger partial charge is 0.0466 e. The first-order valence-electron chi connectivity index (χ1n) is 10.3. The van der Waals surface area contributed by atoms with E-state index in [2.05, 4.69) is 19.1 Å². The van der Waals surface area contributed by atoms with Gasteiger partial charge in [-0.25, -0.2) is 0 Å². The van der Waals surface area contributed by atoms with Crippen molar-refractivity contribution in [1.29, 1.82) is 0 Å². The lowest BCUT2D eigenvalue weighted by atomic mass is 10.1. The van der Waals surface area contributed by atoms with E-state index < -0.39 is 0 Å². The molecule has 1 N–H and O–H groups in total. The number of ether oxygens (including phenoxy) is 1. The van der Waals surface area contributed by atoms with Crippen LogP contribution in [-0.4, -0.2) is 24.9 Å². The lowest BCUT2D eigenvalue weighted by Gasteiger charge is -2.02. The van der Waals surface area contributed by atoms with Crippen LogP contribution in [0.1, 0.15) is 103 Å². The maximum Gasteiger partial charge on any atom is 0.0466 e. The summed E-state index contributed by atoms with van der Waals surface area (Å²) in [6, 6.07) is 0. The van der Waals surface area contributed by atoms with E-state index >= 15 is 0 Å². The molecule has 0 aliphatic carbocycles. The van der Waals surface area contributed by atoms with Crippen molar-refractivity contribution >= 4 is 0 Å². The van der Waals surface area contributed by atoms with Gasteiger partial charge in [0.05, 0.1) is 0 Å². The van der Waals surface area contributed by atoms with Crippen LogP contribution >= 0.6 is 0 Å². The van der Waals surface area contributed by atoms with E-state index in [9.17, 15) is 0 Å². The van der Waals surface area contributed by atoms with Crippen LogP contribution in [0.5, 0.6) is 0 Å². The van der Waals surface area contributed by atoms with Crippen LogP contribution in [0.3, 0.4) is 0 Å². The molecule has 0 atom stereocenters. The van der Waals surface area contributed by atoms with Gasteiger partial charge in [0.2, 0.25) is 0 Å². The predicted molar refractivity (Wildman–Crippen MR) is 102 cm³/mol. The van der Waals surface area contributed by atoms with Crippen molar-refractivity contribution in [2.45, 2.75) is 103 Å². The SMILES string of the molecule is CCCOCCCCCCCC/C=C\CCCCCCCCO. The Morgan fingerprint density at radius 2 is 1.09 bits per heavy atom. The van der Waals surface area contributed by atoms with Crippen molar-refractivity contribution in [2.75, 3.05) is 19.8 Å². The maximum atomic E-state index is 8.70. The molecule has 0 saturated heterocycles. The number of rotatable bonds is 19. The molecule has 2 nitrogen and oxygen atoms in total. The minimum Gasteiger partial charge on any atom is -0.396 e. The molecule has 0 aromatic rings. The average molecular weight is 327 g/mol. The van der Waals surface area contributed by atoms with Gasteiger partial charge in [0, 0.05) is 19.8 Å². The van der Waals surface area contributed by atoms with Gasteiger partial charge in [-0.1, -0.05) is 70.4 Å². The Labute approximate surface area is 145 Å². The van der Waals surface area contributed by atoms with Gasteiger partial charge in [0.15, 0.2) is 0 Å². The molecule has 2 heteroatoms. The molecule has 0 amide bonds. The lowest BCUT2D eigenvalue weighted by molar-refractivity contribution is 0.130. The fourth-order valence-electron chi connectivity index (χ4n) is 2.74. The summed E-state index contributed by atoms with van der Waals surface area (Å²) in [5, 5.41) is 8.70. The molecule has 0 aliphatic rings. The normalized spacial score (nSPS) is 11.6. The van der Waals surface area contributed by atoms with Gasteiger partial charge in [-0.05, 0) is 44.9 Å². The van der Waals surface area contributed by atoms with Crippen molar-refractivity contribution in [3.05, 3.63) is 12.2 Å². The van der Waals surface area contributed by atoms with E-state index in [-0.39, 0.29) is 0 Å². The molecule has 138 valence electrons. The van der Waals surface area contributed by atoms with Crippen LogP contribution in [0.15, 0.2) is 12.2 Å². The predicted octanol–water partition coefficient (Wildman–Crippen LogP) is 6.42. The molecule has 0 saturated carbocycles. The highest BCUT2D eigenvalue weighted by molar-refractivity contribution is 4.81. The van der Waals surface area contributed by atoms with E-state index in [0.29, 0.717) is 6.61 Å². The summed E-state index contributed by atoms with van der Waals surface area (Å²) in [5.41, 5.74) is 0. The summed E-state index contributed by atoms with van der Waals surface area (Å²) in [6.07, 6.45) is 23.9. The molecular weight excluding hydrogens is 284 g/mol. The third-order valence-electron chi connectivity index (χ3n) is 4.20. The molecule has 0 aromatic carbocycles. The van der Waals surface area contributed by atoms with Crippen LogP contribution in [0, 0.1) is 0 Å². The molecule has 0 heterocycles. The summed E-state index contributed by atoms with van der Waals surface area (Å²) >= 11 is 0. The molecule has 23 heavy (non-hydrogen) atoms. The molecule has 0 spiro atoms. The van der Waals surface area contributed by atoms with Crippen molar-refractivity contribution in [3.8, 4) is 0 Å². The van der Waals surface area contributed by atoms with E-state index in [4.69, 9.17) is 9.84 Å². The largest absolute Gasteiger partial charge is 0.396 e. The van der Waals surface area contributed by atoms with Crippen LogP contribution in [0.25, 0.3) is 0 Å². The third kappa shape index (κ3) is 21.7. The summed E-state index contributed by atoms with van der Waals surface area (Å²) < 4.78 is 5.49. The van der Waals surface area contributed by atoms with Crippen molar-refractivity contribution < 1.29 is 9.84 Å². The second-order valence-corrected chi connectivity index (χ2v) is 6.63. The Bertz CT molecular complexity index is 226. The minimum absolute atomic E-state index is 0.357. The van der Waals surface area contributed by atoms with Crippen molar-refractivity contribution in [3.63, 3.8) is 0 Å². The quantitative estimate of drug-likeness (QED) is 0.219. The number of aliphatic hydroxyl groups is 1. The Balaban J connectivity index is 3.03. The van der Waals surface area contributed by atoms with Crippen LogP contribution < -0.4 is 0 Å². The van der Waals surface area contributed by atoms with Crippen molar-refractivity contribution in [2.24, 2.45) is 0 Å². The number of aliphatic hydroxyl groups excluding tert-OH is 1. The standard InChI is InChI=1S/C21H42O2/c1-2-20-23-21-18-16-14-12-10-8-6-4-3-5-7-9-11-13-15-17-19-22/h3-4,22H,2,5-21H2,1H3/b4-3-. The van der Waals surface area contributed by atoms with Crippen LogP contribution in [0.4, 0.5) is 0 Å². The van der Waals surface area contributed by atoms with E-state index in [1.54, 1.807) is 0 Å². The number of allylic oxidation sites excluding steroid dienone is 2. The first-order valence-corrected chi connectivity index (χ1v) is 10.3. The van der Waals surface area contributed by atoms with Gasteiger partial charge in [-0.3, -0.25) is 0 Å². The van der Waals surface area contributed by atoms with Gasteiger partial charge in [0.1, 0.15) is 0 Å². The zero-order valence-electron chi connectivity index (χ0n) is 15.7. The fourth-order valence-corrected chi connectivity index (χ4v) is 2.74. The fraction of sp³-hybridized carbons (Fsp3) is 0.905. The van der Waals surface area contributed by atoms with Gasteiger partial charge in [0.25, 0.3) is 0 Å². The van der Waals surface area contributed by atoms with Crippen LogP contribution in [0.2, 0.25) is 0 Å². The number of unbranched alkanes of at least 4 members (excludes halogenated alkanes) is 12. The molecule has 0 fully saturated rings. The van der Waals surface area contributed by atoms with Gasteiger partial charge in [-0.15, -0.1) is 0 Å². The molecule has 0 radical (unpaired) electrons. The zero-order chi connectivity index (χ0) is 16.8. The summed E-state index contributed by atoms with van der Waals surface area (Å²) in [6.45, 7) is 4.40. The summed E-state index contributed by atoms with van der Waals surface area (Å²) in [5.74, 6) is 0. The molecule has 0 unspecified atom stereocenters. The lowest BCUT2D eigenvalue weighted by Crippen LogP contribution is -1.95. The first-order chi connectivity index (χ1) is 11.4. The Morgan fingerprint density at radius 1 is 0.609 bits per heavy atom. The van der Waals surface area contributed by atoms with Gasteiger partial charge < -0.3 is 9.84 Å². The molecule has 0 aromatic heterocycles. The van der Waals surface area contributed by atoms with E-state index in [1.807, 2.05) is 0 Å². The highest BCUT2D eigenvalue weighted by Crippen LogP contribution is 2.10. The molecular formula is C21H42O2. The second kappa shape index (κ2) is 21.7. The Kier molecular flexibility index (Phi) is 21.3. The van der Waals surface area contributed by atoms with Crippen LogP contribution in [-0.2, 0) is 4.74 Å². The third-order valence-corrected chi connectivity index (χ3v) is 4.20. The van der Waals surface area contributed by atoms with Gasteiger partial charge in [-0.2, -0.15) is 0 Å². The maximum absolute atomic E-state index is 8.70. The second-order valence-electron chi connectivity index (χ2n) is 6.63. The Hall–Kier alpha value is -0.340. The Morgan fingerprint density at radius 3 is 1.61 bits per heavy atom. The minimum atomic E-state index is 0.357. The number of hydrogen-bond donors (Lipinski definition) is 1. The van der Waals surface area contributed by atoms with E-state index in [1.165, 1.54) is 83.5 Å². The topological polar surface area (TPSA) is 29.5 Å². The zero-order valence-corrected chi connectivity index (χ0v) is 15.7.